The lowest BCUT2D eigenvalue weighted by molar-refractivity contribution is 0.600. The Balaban J connectivity index is 0.757. The smallest absolute Gasteiger partial charge is 0.144 e. The lowest BCUT2D eigenvalue weighted by Gasteiger charge is -2.31. The summed E-state index contributed by atoms with van der Waals surface area (Å²) >= 11 is 0. The predicted molar refractivity (Wildman–Crippen MR) is 389 cm³/mol. The highest BCUT2D eigenvalue weighted by Crippen LogP contribution is 2.64. The molecule has 0 saturated carbocycles. The number of para-hydroxylation sites is 5. The molecule has 0 aliphatic heterocycles. The summed E-state index contributed by atoms with van der Waals surface area (Å²) in [6.45, 7) is 14.3. The van der Waals surface area contributed by atoms with Crippen molar-refractivity contribution in [3.63, 3.8) is 0 Å². The number of benzene rings is 14. The van der Waals surface area contributed by atoms with Gasteiger partial charge in [0.15, 0.2) is 0 Å². The van der Waals surface area contributed by atoms with Crippen LogP contribution < -0.4 is 0 Å². The highest BCUT2D eigenvalue weighted by molar-refractivity contribution is 6.25. The summed E-state index contributed by atoms with van der Waals surface area (Å²) in [5.74, 6) is 2.12. The van der Waals surface area contributed by atoms with E-state index in [4.69, 9.17) is 14.4 Å². The summed E-state index contributed by atoms with van der Waals surface area (Å²) < 4.78 is 11.9. The third-order valence-corrected chi connectivity index (χ3v) is 21.2. The zero-order valence-corrected chi connectivity index (χ0v) is 52.9. The maximum absolute atomic E-state index is 7.28. The molecule has 2 aliphatic rings. The van der Waals surface area contributed by atoms with Gasteiger partial charge in [-0.15, -0.1) is 0 Å². The van der Waals surface area contributed by atoms with Gasteiger partial charge in [-0.05, 0) is 193 Å². The summed E-state index contributed by atoms with van der Waals surface area (Å²) in [5, 5.41) is 12.3. The number of aromatic nitrogens is 4. The summed E-state index contributed by atoms with van der Waals surface area (Å²) in [4.78, 5) is 10.0. The van der Waals surface area contributed by atoms with E-state index in [1.54, 1.807) is 0 Å². The maximum atomic E-state index is 7.28. The topological polar surface area (TPSA) is 48.8 Å². The number of nitrogens with zero attached hydrogens (tertiary/aromatic N) is 4. The van der Waals surface area contributed by atoms with E-state index in [0.29, 0.717) is 0 Å². The molecule has 93 heavy (non-hydrogen) atoms. The van der Waals surface area contributed by atoms with Gasteiger partial charge in [-0.3, -0.25) is 9.13 Å². The monoisotopic (exact) mass is 1190 g/mol. The Morgan fingerprint density at radius 3 is 1.08 bits per heavy atom. The van der Waals surface area contributed by atoms with E-state index in [1.165, 1.54) is 137 Å². The van der Waals surface area contributed by atoms with Crippen molar-refractivity contribution < 1.29 is 4.42 Å². The molecule has 0 unspecified atom stereocenters. The largest absolute Gasteiger partial charge is 0.455 e. The van der Waals surface area contributed by atoms with Crippen LogP contribution in [0.25, 0.3) is 165 Å². The molecular formula is C88H64N4O. The first-order chi connectivity index (χ1) is 45.6. The molecule has 19 rings (SSSR count). The molecule has 3 heterocycles. The average Bonchev–Trinajstić information content (AvgIpc) is 1.51. The van der Waals surface area contributed by atoms with Gasteiger partial charge in [0.05, 0.1) is 22.1 Å². The molecule has 0 amide bonds. The molecule has 0 saturated heterocycles. The maximum Gasteiger partial charge on any atom is 0.144 e. The number of furan rings is 1. The lowest BCUT2D eigenvalue weighted by atomic mass is 9.71. The molecule has 0 bridgehead atoms. The molecule has 2 aliphatic carbocycles. The standard InChI is InChI=1S/C88H64N4O/c1-7-75-89-70-32-18-20-34-72(70)91(75)55-43-37-51(38-44-55)77-57-23-9-13-27-61(57)79(62-28-14-10-24-58(62)77)53-41-47-65-68(49-53)87(3,4)84-81(65)82-67-31-17-22-36-74(67)93-86(82)83-66-48-42-54(50-69(66)88(5,6)85(83)84)80-63-29-15-11-25-59(63)78(60-26-12-16-30-64(60)80)52-39-45-56(46-40-52)92-73-35-21-19-33-71(73)90-76(92)8-2/h9-50H,7-8H2,1-6H3. The Kier molecular flexibility index (Phi) is 11.4. The first-order valence-electron chi connectivity index (χ1n) is 32.9. The van der Waals surface area contributed by atoms with Gasteiger partial charge in [-0.25, -0.2) is 9.97 Å². The fourth-order valence-electron chi connectivity index (χ4n) is 17.1. The van der Waals surface area contributed by atoms with E-state index < -0.39 is 10.8 Å². The van der Waals surface area contributed by atoms with E-state index in [1.807, 2.05) is 0 Å². The zero-order valence-electron chi connectivity index (χ0n) is 52.9. The second kappa shape index (κ2) is 19.7. The highest BCUT2D eigenvalue weighted by atomic mass is 16.3. The highest BCUT2D eigenvalue weighted by Gasteiger charge is 2.49. The Morgan fingerprint density at radius 1 is 0.333 bits per heavy atom. The van der Waals surface area contributed by atoms with Crippen LogP contribution in [0.4, 0.5) is 0 Å². The van der Waals surface area contributed by atoms with Crippen molar-refractivity contribution in [2.24, 2.45) is 0 Å². The van der Waals surface area contributed by atoms with Gasteiger partial charge < -0.3 is 4.42 Å². The third-order valence-electron chi connectivity index (χ3n) is 21.2. The minimum atomic E-state index is -0.406. The minimum Gasteiger partial charge on any atom is -0.455 e. The Bertz CT molecular complexity index is 5950. The van der Waals surface area contributed by atoms with Crippen LogP contribution in [-0.2, 0) is 23.7 Å². The fourth-order valence-corrected chi connectivity index (χ4v) is 17.1. The van der Waals surface area contributed by atoms with Gasteiger partial charge in [0.2, 0.25) is 0 Å². The fraction of sp³-hybridized carbons (Fsp3) is 0.114. The summed E-state index contributed by atoms with van der Waals surface area (Å²) in [6.07, 6.45) is 1.69. The molecule has 3 aromatic heterocycles. The summed E-state index contributed by atoms with van der Waals surface area (Å²) in [7, 11) is 0. The summed E-state index contributed by atoms with van der Waals surface area (Å²) in [6, 6.07) is 94.9. The average molecular weight is 1190 g/mol. The molecule has 0 spiro atoms. The molecular weight excluding hydrogens is 1130 g/mol. The second-order valence-electron chi connectivity index (χ2n) is 26.8. The van der Waals surface area contributed by atoms with Crippen molar-refractivity contribution in [2.75, 3.05) is 0 Å². The quantitative estimate of drug-likeness (QED) is 0.142. The van der Waals surface area contributed by atoms with E-state index in [2.05, 4.69) is 305 Å². The van der Waals surface area contributed by atoms with Crippen LogP contribution in [0.15, 0.2) is 259 Å². The zero-order chi connectivity index (χ0) is 62.2. The second-order valence-corrected chi connectivity index (χ2v) is 26.8. The third kappa shape index (κ3) is 7.45. The van der Waals surface area contributed by atoms with Crippen LogP contribution in [0.5, 0.6) is 0 Å². The molecule has 442 valence electrons. The Morgan fingerprint density at radius 2 is 0.667 bits per heavy atom. The lowest BCUT2D eigenvalue weighted by Crippen LogP contribution is -2.24. The number of imidazole rings is 2. The molecule has 0 atom stereocenters. The van der Waals surface area contributed by atoms with Gasteiger partial charge >= 0.3 is 0 Å². The molecule has 0 radical (unpaired) electrons. The van der Waals surface area contributed by atoms with Gasteiger partial charge in [-0.1, -0.05) is 230 Å². The van der Waals surface area contributed by atoms with E-state index in [9.17, 15) is 0 Å². The van der Waals surface area contributed by atoms with Crippen LogP contribution in [0.2, 0.25) is 0 Å². The first kappa shape index (κ1) is 53.7. The number of hydrogen-bond donors (Lipinski definition) is 0. The molecule has 0 N–H and O–H groups in total. The van der Waals surface area contributed by atoms with E-state index in [0.717, 1.165) is 74.5 Å². The number of rotatable bonds is 8. The van der Waals surface area contributed by atoms with Crippen LogP contribution in [0.1, 0.15) is 75.4 Å². The van der Waals surface area contributed by atoms with Gasteiger partial charge in [0.25, 0.3) is 0 Å². The van der Waals surface area contributed by atoms with Crippen LogP contribution >= 0.6 is 0 Å². The first-order valence-corrected chi connectivity index (χ1v) is 32.9. The predicted octanol–water partition coefficient (Wildman–Crippen LogP) is 23.3. The van der Waals surface area contributed by atoms with Crippen LogP contribution in [0.3, 0.4) is 0 Å². The molecule has 5 heteroatoms. The van der Waals surface area contributed by atoms with Crippen molar-refractivity contribution >= 4 is 87.1 Å². The number of aryl methyl sites for hydroxylation is 2. The van der Waals surface area contributed by atoms with Crippen molar-refractivity contribution in [3.05, 3.63) is 289 Å². The Hall–Kier alpha value is -11.1. The molecule has 5 nitrogen and oxygen atoms in total. The summed E-state index contributed by atoms with van der Waals surface area (Å²) in [5.41, 5.74) is 27.9. The van der Waals surface area contributed by atoms with E-state index >= 15 is 0 Å². The van der Waals surface area contributed by atoms with Gasteiger partial charge in [0, 0.05) is 51.4 Å². The number of hydrogen-bond acceptors (Lipinski definition) is 3. The normalized spacial score (nSPS) is 13.7. The van der Waals surface area contributed by atoms with E-state index in [-0.39, 0.29) is 0 Å². The Labute approximate surface area is 539 Å². The molecule has 14 aromatic carbocycles. The van der Waals surface area contributed by atoms with Crippen molar-refractivity contribution in [3.8, 4) is 78.1 Å². The molecule has 17 aromatic rings. The van der Waals surface area contributed by atoms with Crippen molar-refractivity contribution in [1.29, 1.82) is 0 Å². The minimum absolute atomic E-state index is 0.393. The SMILES string of the molecule is CCc1nc2ccccc2n1-c1ccc(-c2c3ccccc3c(-c3ccc4c(c3)C(C)(C)c3c5c(c6c(oc7ccccc76)c3-4)-c3ccc(-c4c6ccccc6c(-c6ccc(-n7c(CC)nc8ccccc87)cc6)c6ccccc46)cc3C5(C)C)c3ccccc23)cc1. The van der Waals surface area contributed by atoms with Crippen LogP contribution in [0, 0.1) is 0 Å². The van der Waals surface area contributed by atoms with Crippen molar-refractivity contribution in [1.82, 2.24) is 19.1 Å². The van der Waals surface area contributed by atoms with Crippen molar-refractivity contribution in [2.45, 2.75) is 65.2 Å². The van der Waals surface area contributed by atoms with Gasteiger partial charge in [0.1, 0.15) is 22.8 Å². The van der Waals surface area contributed by atoms with Crippen LogP contribution in [-0.4, -0.2) is 19.1 Å². The van der Waals surface area contributed by atoms with Gasteiger partial charge in [-0.2, -0.15) is 0 Å². The molecule has 0 fully saturated rings. The number of fused-ring (bicyclic) bond motifs is 18.